The first kappa shape index (κ1) is 24.1. The summed E-state index contributed by atoms with van der Waals surface area (Å²) in [5, 5.41) is -0.380. The molecule has 1 aliphatic rings. The van der Waals surface area contributed by atoms with Crippen LogP contribution in [0.15, 0.2) is 0 Å². The summed E-state index contributed by atoms with van der Waals surface area (Å²) in [6.07, 6.45) is 4.07. The molecule has 1 heterocycles. The zero-order valence-corrected chi connectivity index (χ0v) is 15.9. The highest BCUT2D eigenvalue weighted by atomic mass is 32.2. The van der Waals surface area contributed by atoms with E-state index in [2.05, 4.69) is 27.7 Å². The first-order chi connectivity index (χ1) is 10.9. The zero-order chi connectivity index (χ0) is 18.3. The van der Waals surface area contributed by atoms with Crippen molar-refractivity contribution in [2.24, 2.45) is 0 Å². The Bertz CT molecular complexity index is 370. The lowest BCUT2D eigenvalue weighted by atomic mass is 10.3. The van der Waals surface area contributed by atoms with Crippen molar-refractivity contribution in [3.8, 4) is 0 Å². The monoisotopic (exact) mass is 345 g/mol. The number of ketones is 1. The lowest BCUT2D eigenvalue weighted by Gasteiger charge is -2.13. The molecule has 1 atom stereocenters. The third kappa shape index (κ3) is 12.0. The van der Waals surface area contributed by atoms with Crippen molar-refractivity contribution < 1.29 is 19.2 Å². The number of carbonyl (C=O) groups excluding carboxylic acids is 4. The maximum Gasteiger partial charge on any atom is 0.242 e. The van der Waals surface area contributed by atoms with Gasteiger partial charge in [0.2, 0.25) is 11.8 Å². The Labute approximate surface area is 144 Å². The van der Waals surface area contributed by atoms with Crippen LogP contribution in [0.4, 0.5) is 0 Å². The van der Waals surface area contributed by atoms with E-state index in [1.165, 1.54) is 31.5 Å². The molecule has 0 radical (unpaired) electrons. The van der Waals surface area contributed by atoms with E-state index in [-0.39, 0.29) is 42.2 Å². The van der Waals surface area contributed by atoms with E-state index in [0.29, 0.717) is 12.2 Å². The molecule has 0 aromatic rings. The van der Waals surface area contributed by atoms with Gasteiger partial charge in [0.1, 0.15) is 12.1 Å². The molecule has 5 nitrogen and oxygen atoms in total. The van der Waals surface area contributed by atoms with Crippen molar-refractivity contribution in [2.75, 3.05) is 12.3 Å². The number of aldehydes is 1. The molecule has 0 aromatic carbocycles. The van der Waals surface area contributed by atoms with Gasteiger partial charge < -0.3 is 4.79 Å². The van der Waals surface area contributed by atoms with E-state index < -0.39 is 0 Å². The largest absolute Gasteiger partial charge is 0.303 e. The quantitative estimate of drug-likeness (QED) is 0.402. The first-order valence-corrected chi connectivity index (χ1v) is 9.33. The van der Waals surface area contributed by atoms with E-state index in [1.54, 1.807) is 0 Å². The highest BCUT2D eigenvalue weighted by Gasteiger charge is 2.38. The van der Waals surface area contributed by atoms with Crippen molar-refractivity contribution in [1.82, 2.24) is 4.90 Å². The zero-order valence-electron chi connectivity index (χ0n) is 15.1. The van der Waals surface area contributed by atoms with Crippen LogP contribution in [0.1, 0.15) is 66.7 Å². The number of amides is 2. The summed E-state index contributed by atoms with van der Waals surface area (Å²) in [6, 6.07) is 0. The van der Waals surface area contributed by atoms with Gasteiger partial charge in [-0.1, -0.05) is 40.5 Å². The van der Waals surface area contributed by atoms with Gasteiger partial charge in [-0.3, -0.25) is 19.3 Å². The van der Waals surface area contributed by atoms with Crippen LogP contribution in [0, 0.1) is 0 Å². The Morgan fingerprint density at radius 2 is 1.74 bits per heavy atom. The maximum atomic E-state index is 11.8. The third-order valence-electron chi connectivity index (χ3n) is 2.44. The molecule has 2 amide bonds. The standard InChI is InChI=1S/C11H15NO4S.2C3H8/c1-8(14)3-4-12-10(15)7-9(11(12)16)17-6-2-5-13;2*1-3-2/h5,9H,2-4,6-7H2,1H3;2*3H2,1-2H3. The number of hydrogen-bond donors (Lipinski definition) is 0. The minimum Gasteiger partial charge on any atom is -0.303 e. The average Bonchev–Trinajstić information content (AvgIpc) is 2.73. The van der Waals surface area contributed by atoms with Gasteiger partial charge in [0.15, 0.2) is 0 Å². The average molecular weight is 346 g/mol. The summed E-state index contributed by atoms with van der Waals surface area (Å²) < 4.78 is 0. The smallest absolute Gasteiger partial charge is 0.242 e. The summed E-state index contributed by atoms with van der Waals surface area (Å²) in [5.41, 5.74) is 0. The molecule has 1 saturated heterocycles. The topological polar surface area (TPSA) is 71.5 Å². The number of nitrogens with zero attached hydrogens (tertiary/aromatic N) is 1. The molecule has 0 saturated carbocycles. The van der Waals surface area contributed by atoms with Crippen molar-refractivity contribution in [2.45, 2.75) is 72.0 Å². The number of hydrogen-bond acceptors (Lipinski definition) is 5. The van der Waals surface area contributed by atoms with Crippen LogP contribution in [0.5, 0.6) is 0 Å². The van der Waals surface area contributed by atoms with Gasteiger partial charge in [-0.05, 0) is 6.92 Å². The summed E-state index contributed by atoms with van der Waals surface area (Å²) in [7, 11) is 0. The Morgan fingerprint density at radius 1 is 1.22 bits per heavy atom. The van der Waals surface area contributed by atoms with Crippen LogP contribution >= 0.6 is 11.8 Å². The van der Waals surface area contributed by atoms with Gasteiger partial charge >= 0.3 is 0 Å². The molecular weight excluding hydrogens is 314 g/mol. The van der Waals surface area contributed by atoms with Crippen molar-refractivity contribution in [3.63, 3.8) is 0 Å². The third-order valence-corrected chi connectivity index (χ3v) is 3.69. The molecule has 0 N–H and O–H groups in total. The van der Waals surface area contributed by atoms with Crippen LogP contribution in [0.2, 0.25) is 0 Å². The van der Waals surface area contributed by atoms with Crippen LogP contribution in [0.25, 0.3) is 0 Å². The van der Waals surface area contributed by atoms with Crippen molar-refractivity contribution >= 4 is 35.6 Å². The molecular formula is C17H31NO4S. The molecule has 0 aromatic heterocycles. The number of imide groups is 1. The number of thioether (sulfide) groups is 1. The Hall–Kier alpha value is -1.17. The highest BCUT2D eigenvalue weighted by Crippen LogP contribution is 2.25. The SMILES string of the molecule is CC(=O)CCN1C(=O)CC(SCCC=O)C1=O.CCC.CCC. The van der Waals surface area contributed by atoms with E-state index in [1.807, 2.05) is 0 Å². The van der Waals surface area contributed by atoms with E-state index in [9.17, 15) is 19.2 Å². The summed E-state index contributed by atoms with van der Waals surface area (Å²) in [6.45, 7) is 10.1. The second kappa shape index (κ2) is 15.7. The Kier molecular flexibility index (Phi) is 16.5. The van der Waals surface area contributed by atoms with E-state index in [4.69, 9.17) is 0 Å². The molecule has 23 heavy (non-hydrogen) atoms. The van der Waals surface area contributed by atoms with E-state index >= 15 is 0 Å². The number of Topliss-reactive ketones (excluding diaryl/α,β-unsaturated/α-hetero) is 1. The minimum atomic E-state index is -0.380. The summed E-state index contributed by atoms with van der Waals surface area (Å²) in [4.78, 5) is 45.5. The fourth-order valence-electron chi connectivity index (χ4n) is 1.55. The fourth-order valence-corrected chi connectivity index (χ4v) is 2.59. The molecule has 0 bridgehead atoms. The maximum absolute atomic E-state index is 11.8. The summed E-state index contributed by atoms with van der Waals surface area (Å²) in [5.74, 6) is 0.0583. The van der Waals surface area contributed by atoms with Gasteiger partial charge in [0, 0.05) is 31.6 Å². The van der Waals surface area contributed by atoms with Crippen LogP contribution in [-0.4, -0.2) is 46.3 Å². The molecule has 0 aliphatic carbocycles. The molecule has 1 fully saturated rings. The van der Waals surface area contributed by atoms with Gasteiger partial charge in [0.25, 0.3) is 0 Å². The Morgan fingerprint density at radius 3 is 2.17 bits per heavy atom. The number of likely N-dealkylation sites (tertiary alicyclic amines) is 1. The van der Waals surface area contributed by atoms with Crippen LogP contribution < -0.4 is 0 Å². The van der Waals surface area contributed by atoms with Crippen LogP contribution in [-0.2, 0) is 19.2 Å². The van der Waals surface area contributed by atoms with Gasteiger partial charge in [0.05, 0.1) is 5.25 Å². The van der Waals surface area contributed by atoms with Crippen molar-refractivity contribution in [1.29, 1.82) is 0 Å². The van der Waals surface area contributed by atoms with Gasteiger partial charge in [-0.2, -0.15) is 0 Å². The molecule has 1 unspecified atom stereocenters. The number of rotatable bonds is 7. The predicted molar refractivity (Wildman–Crippen MR) is 95.5 cm³/mol. The lowest BCUT2D eigenvalue weighted by Crippen LogP contribution is -2.33. The van der Waals surface area contributed by atoms with Crippen molar-refractivity contribution in [3.05, 3.63) is 0 Å². The molecule has 134 valence electrons. The predicted octanol–water partition coefficient (Wildman–Crippen LogP) is 3.25. The molecule has 0 spiro atoms. The van der Waals surface area contributed by atoms with Gasteiger partial charge in [-0.25, -0.2) is 0 Å². The first-order valence-electron chi connectivity index (χ1n) is 8.28. The van der Waals surface area contributed by atoms with Gasteiger partial charge in [-0.15, -0.1) is 11.8 Å². The molecule has 1 rings (SSSR count). The lowest BCUT2D eigenvalue weighted by molar-refractivity contribution is -0.138. The highest BCUT2D eigenvalue weighted by molar-refractivity contribution is 8.00. The minimum absolute atomic E-state index is 0.0392. The molecule has 1 aliphatic heterocycles. The fraction of sp³-hybridized carbons (Fsp3) is 0.765. The van der Waals surface area contributed by atoms with E-state index in [0.717, 1.165) is 11.2 Å². The second-order valence-corrected chi connectivity index (χ2v) is 6.58. The normalized spacial score (nSPS) is 16.2. The summed E-state index contributed by atoms with van der Waals surface area (Å²) >= 11 is 1.33. The van der Waals surface area contributed by atoms with Crippen LogP contribution in [0.3, 0.4) is 0 Å². The number of carbonyl (C=O) groups is 4. The second-order valence-electron chi connectivity index (χ2n) is 5.27. The Balaban J connectivity index is 0. The molecule has 6 heteroatoms.